The van der Waals surface area contributed by atoms with E-state index in [4.69, 9.17) is 0 Å². The van der Waals surface area contributed by atoms with E-state index in [9.17, 15) is 13.2 Å². The number of carbonyl (C=O) groups excluding carboxylic acids is 1. The Morgan fingerprint density at radius 2 is 1.62 bits per heavy atom. The highest BCUT2D eigenvalue weighted by atomic mass is 32.2. The number of para-hydroxylation sites is 1. The summed E-state index contributed by atoms with van der Waals surface area (Å²) in [7, 11) is -3.62. The summed E-state index contributed by atoms with van der Waals surface area (Å²) >= 11 is 0. The fourth-order valence-electron chi connectivity index (χ4n) is 3.22. The Kier molecular flexibility index (Phi) is 6.08. The van der Waals surface area contributed by atoms with Gasteiger partial charge >= 0.3 is 0 Å². The lowest BCUT2D eigenvalue weighted by Crippen LogP contribution is -2.47. The maximum absolute atomic E-state index is 13.0. The summed E-state index contributed by atoms with van der Waals surface area (Å²) in [6, 6.07) is 11.9. The number of anilines is 2. The Morgan fingerprint density at radius 3 is 2.08 bits per heavy atom. The van der Waals surface area contributed by atoms with Crippen LogP contribution in [-0.2, 0) is 14.8 Å². The van der Waals surface area contributed by atoms with E-state index in [1.807, 2.05) is 39.0 Å². The highest BCUT2D eigenvalue weighted by Gasteiger charge is 2.31. The Morgan fingerprint density at radius 1 is 1.08 bits per heavy atom. The van der Waals surface area contributed by atoms with Crippen molar-refractivity contribution in [2.24, 2.45) is 0 Å². The highest BCUT2D eigenvalue weighted by Crippen LogP contribution is 2.25. The standard InChI is InChI=1S/C20H26N2O3S/c1-6-18(22(26(5,24)25)17-10-8-7-9-11-17)20(23)21-19-15(3)12-14(2)13-16(19)4/h7-13,18H,6H2,1-5H3,(H,21,23)/t18-/m0/s1. The predicted octanol–water partition coefficient (Wildman–Crippen LogP) is 3.80. The molecule has 6 heteroatoms. The van der Waals surface area contributed by atoms with Crippen LogP contribution in [0, 0.1) is 20.8 Å². The average molecular weight is 375 g/mol. The second-order valence-electron chi connectivity index (χ2n) is 6.58. The van der Waals surface area contributed by atoms with Gasteiger partial charge in [0.1, 0.15) is 6.04 Å². The van der Waals surface area contributed by atoms with Gasteiger partial charge in [-0.15, -0.1) is 0 Å². The molecule has 2 rings (SSSR count). The Hall–Kier alpha value is -2.34. The van der Waals surface area contributed by atoms with Crippen molar-refractivity contribution in [3.8, 4) is 0 Å². The molecule has 0 bridgehead atoms. The van der Waals surface area contributed by atoms with Crippen molar-refractivity contribution >= 4 is 27.3 Å². The molecule has 0 spiro atoms. The second-order valence-corrected chi connectivity index (χ2v) is 8.44. The van der Waals surface area contributed by atoms with E-state index in [1.54, 1.807) is 31.2 Å². The number of amides is 1. The highest BCUT2D eigenvalue weighted by molar-refractivity contribution is 7.92. The first-order valence-electron chi connectivity index (χ1n) is 8.58. The number of hydrogen-bond donors (Lipinski definition) is 1. The zero-order valence-corrected chi connectivity index (χ0v) is 16.7. The van der Waals surface area contributed by atoms with Crippen LogP contribution in [0.5, 0.6) is 0 Å². The topological polar surface area (TPSA) is 66.5 Å². The fraction of sp³-hybridized carbons (Fsp3) is 0.350. The Labute approximate surface area is 156 Å². The van der Waals surface area contributed by atoms with Crippen LogP contribution >= 0.6 is 0 Å². The zero-order valence-electron chi connectivity index (χ0n) is 15.9. The number of nitrogens with zero attached hydrogens (tertiary/aromatic N) is 1. The number of sulfonamides is 1. The van der Waals surface area contributed by atoms with Crippen LogP contribution in [0.2, 0.25) is 0 Å². The SMILES string of the molecule is CC[C@@H](C(=O)Nc1c(C)cc(C)cc1C)N(c1ccccc1)S(C)(=O)=O. The number of benzene rings is 2. The number of carbonyl (C=O) groups is 1. The Bertz CT molecular complexity index is 870. The maximum Gasteiger partial charge on any atom is 0.248 e. The molecule has 0 unspecified atom stereocenters. The minimum atomic E-state index is -3.62. The number of rotatable bonds is 6. The van der Waals surface area contributed by atoms with Crippen molar-refractivity contribution in [1.82, 2.24) is 0 Å². The number of aryl methyl sites for hydroxylation is 3. The van der Waals surface area contributed by atoms with Crippen molar-refractivity contribution in [3.05, 3.63) is 59.2 Å². The summed E-state index contributed by atoms with van der Waals surface area (Å²) in [6.07, 6.45) is 1.48. The molecule has 0 saturated heterocycles. The first-order valence-corrected chi connectivity index (χ1v) is 10.4. The van der Waals surface area contributed by atoms with E-state index in [0.717, 1.165) is 28.6 Å². The van der Waals surface area contributed by atoms with Crippen LogP contribution in [0.3, 0.4) is 0 Å². The maximum atomic E-state index is 13.0. The van der Waals surface area contributed by atoms with Gasteiger partial charge in [-0.05, 0) is 50.5 Å². The van der Waals surface area contributed by atoms with Crippen molar-refractivity contribution < 1.29 is 13.2 Å². The van der Waals surface area contributed by atoms with Gasteiger partial charge in [0.25, 0.3) is 0 Å². The minimum Gasteiger partial charge on any atom is -0.324 e. The molecule has 2 aromatic rings. The van der Waals surface area contributed by atoms with Crippen molar-refractivity contribution in [3.63, 3.8) is 0 Å². The molecule has 0 heterocycles. The van der Waals surface area contributed by atoms with Crippen molar-refractivity contribution in [1.29, 1.82) is 0 Å². The van der Waals surface area contributed by atoms with Gasteiger partial charge in [0.05, 0.1) is 11.9 Å². The molecule has 0 aromatic heterocycles. The monoisotopic (exact) mass is 374 g/mol. The van der Waals surface area contributed by atoms with Crippen molar-refractivity contribution in [2.75, 3.05) is 15.9 Å². The largest absolute Gasteiger partial charge is 0.324 e. The van der Waals surface area contributed by atoms with Gasteiger partial charge in [0.2, 0.25) is 15.9 Å². The predicted molar refractivity (Wildman–Crippen MR) is 107 cm³/mol. The minimum absolute atomic E-state index is 0.336. The van der Waals surface area contributed by atoms with Gasteiger partial charge in [-0.3, -0.25) is 9.10 Å². The molecule has 0 aliphatic rings. The third kappa shape index (κ3) is 4.43. The second kappa shape index (κ2) is 7.91. The molecule has 0 saturated carbocycles. The quantitative estimate of drug-likeness (QED) is 0.836. The zero-order chi connectivity index (χ0) is 19.5. The molecule has 5 nitrogen and oxygen atoms in total. The van der Waals surface area contributed by atoms with E-state index in [1.165, 1.54) is 4.31 Å². The molecule has 140 valence electrons. The normalized spacial score (nSPS) is 12.5. The lowest BCUT2D eigenvalue weighted by atomic mass is 10.0. The van der Waals surface area contributed by atoms with Crippen LogP contribution in [0.1, 0.15) is 30.0 Å². The molecular formula is C20H26N2O3S. The molecule has 1 atom stereocenters. The Balaban J connectivity index is 2.41. The molecular weight excluding hydrogens is 348 g/mol. The average Bonchev–Trinajstić information content (AvgIpc) is 2.55. The summed E-state index contributed by atoms with van der Waals surface area (Å²) in [6.45, 7) is 7.67. The van der Waals surface area contributed by atoms with Crippen LogP contribution in [0.15, 0.2) is 42.5 Å². The summed E-state index contributed by atoms with van der Waals surface area (Å²) in [5.41, 5.74) is 4.25. The van der Waals surface area contributed by atoms with Gasteiger partial charge < -0.3 is 5.32 Å². The summed E-state index contributed by atoms with van der Waals surface area (Å²) in [4.78, 5) is 13.0. The van der Waals surface area contributed by atoms with E-state index in [-0.39, 0.29) is 5.91 Å². The van der Waals surface area contributed by atoms with E-state index >= 15 is 0 Å². The molecule has 0 aliphatic carbocycles. The van der Waals surface area contributed by atoms with E-state index < -0.39 is 16.1 Å². The van der Waals surface area contributed by atoms with Crippen LogP contribution in [-0.4, -0.2) is 26.6 Å². The first-order chi connectivity index (χ1) is 12.1. The van der Waals surface area contributed by atoms with Gasteiger partial charge in [-0.1, -0.05) is 42.8 Å². The fourth-order valence-corrected chi connectivity index (χ4v) is 4.43. The van der Waals surface area contributed by atoms with Gasteiger partial charge in [0.15, 0.2) is 0 Å². The van der Waals surface area contributed by atoms with E-state index in [0.29, 0.717) is 12.1 Å². The summed E-state index contributed by atoms with van der Waals surface area (Å²) < 4.78 is 26.0. The number of nitrogens with one attached hydrogen (secondary N) is 1. The van der Waals surface area contributed by atoms with Crippen LogP contribution in [0.25, 0.3) is 0 Å². The van der Waals surface area contributed by atoms with Gasteiger partial charge in [0, 0.05) is 5.69 Å². The molecule has 0 fully saturated rings. The van der Waals surface area contributed by atoms with E-state index in [2.05, 4.69) is 5.32 Å². The lowest BCUT2D eigenvalue weighted by molar-refractivity contribution is -0.117. The third-order valence-corrected chi connectivity index (χ3v) is 5.45. The van der Waals surface area contributed by atoms with Crippen LogP contribution < -0.4 is 9.62 Å². The molecule has 26 heavy (non-hydrogen) atoms. The third-order valence-electron chi connectivity index (χ3n) is 4.27. The summed E-state index contributed by atoms with van der Waals surface area (Å²) in [5, 5.41) is 2.93. The smallest absolute Gasteiger partial charge is 0.248 e. The first kappa shape index (κ1) is 20.0. The molecule has 1 N–H and O–H groups in total. The van der Waals surface area contributed by atoms with Gasteiger partial charge in [-0.25, -0.2) is 8.42 Å². The molecule has 0 radical (unpaired) electrons. The van der Waals surface area contributed by atoms with Crippen molar-refractivity contribution in [2.45, 2.75) is 40.2 Å². The molecule has 1 amide bonds. The number of hydrogen-bond acceptors (Lipinski definition) is 3. The van der Waals surface area contributed by atoms with Gasteiger partial charge in [-0.2, -0.15) is 0 Å². The molecule has 0 aliphatic heterocycles. The lowest BCUT2D eigenvalue weighted by Gasteiger charge is -2.30. The molecule has 2 aromatic carbocycles. The summed E-state index contributed by atoms with van der Waals surface area (Å²) in [5.74, 6) is -0.336. The van der Waals surface area contributed by atoms with Crippen LogP contribution in [0.4, 0.5) is 11.4 Å².